The van der Waals surface area contributed by atoms with Crippen LogP contribution in [0.5, 0.6) is 0 Å². The van der Waals surface area contributed by atoms with Crippen molar-refractivity contribution in [3.05, 3.63) is 22.6 Å². The number of nitrogens with zero attached hydrogens (tertiary/aromatic N) is 2. The van der Waals surface area contributed by atoms with Crippen LogP contribution in [0.2, 0.25) is 0 Å². The Morgan fingerprint density at radius 2 is 2.53 bits per heavy atom. The maximum absolute atomic E-state index is 11.1. The van der Waals surface area contributed by atoms with Crippen LogP contribution in [0.1, 0.15) is 12.8 Å². The van der Waals surface area contributed by atoms with E-state index in [-0.39, 0.29) is 12.2 Å². The van der Waals surface area contributed by atoms with Crippen molar-refractivity contribution in [1.29, 1.82) is 0 Å². The topological polar surface area (TPSA) is 69.2 Å². The van der Waals surface area contributed by atoms with Crippen LogP contribution in [0.4, 0.5) is 5.69 Å². The number of anilines is 1. The number of aromatic amines is 1. The molecule has 0 spiro atoms. The van der Waals surface area contributed by atoms with Crippen LogP contribution in [-0.4, -0.2) is 35.0 Å². The molecule has 1 aliphatic heterocycles. The van der Waals surface area contributed by atoms with Gasteiger partial charge in [0.1, 0.15) is 0 Å². The maximum Gasteiger partial charge on any atom is 0.266 e. The Kier molecular flexibility index (Phi) is 3.01. The zero-order valence-corrected chi connectivity index (χ0v) is 8.52. The van der Waals surface area contributed by atoms with E-state index < -0.39 is 0 Å². The Bertz CT molecular complexity index is 377. The summed E-state index contributed by atoms with van der Waals surface area (Å²) < 4.78 is 0. The highest BCUT2D eigenvalue weighted by molar-refractivity contribution is 5.43. The van der Waals surface area contributed by atoms with Gasteiger partial charge in [0.15, 0.2) is 0 Å². The molecule has 1 fully saturated rings. The second-order valence-electron chi connectivity index (χ2n) is 3.94. The van der Waals surface area contributed by atoms with Crippen molar-refractivity contribution in [3.63, 3.8) is 0 Å². The van der Waals surface area contributed by atoms with Gasteiger partial charge in [-0.3, -0.25) is 4.79 Å². The minimum Gasteiger partial charge on any atom is -0.396 e. The molecule has 2 rings (SSSR count). The first-order chi connectivity index (χ1) is 7.29. The van der Waals surface area contributed by atoms with Crippen molar-refractivity contribution in [2.75, 3.05) is 24.6 Å². The van der Waals surface area contributed by atoms with Crippen molar-refractivity contribution in [3.8, 4) is 0 Å². The van der Waals surface area contributed by atoms with E-state index in [1.807, 2.05) is 0 Å². The molecule has 0 bridgehead atoms. The fraction of sp³-hybridized carbons (Fsp3) is 0.600. The summed E-state index contributed by atoms with van der Waals surface area (Å²) >= 11 is 0. The third-order valence-electron chi connectivity index (χ3n) is 2.79. The first-order valence-corrected chi connectivity index (χ1v) is 5.20. The van der Waals surface area contributed by atoms with Gasteiger partial charge >= 0.3 is 0 Å². The van der Waals surface area contributed by atoms with Crippen LogP contribution in [0.3, 0.4) is 0 Å². The molecule has 1 aliphatic rings. The average molecular weight is 209 g/mol. The molecule has 5 nitrogen and oxygen atoms in total. The smallest absolute Gasteiger partial charge is 0.266 e. The molecule has 1 atom stereocenters. The van der Waals surface area contributed by atoms with Gasteiger partial charge in [-0.05, 0) is 18.8 Å². The van der Waals surface area contributed by atoms with Crippen LogP contribution in [0.15, 0.2) is 17.1 Å². The van der Waals surface area contributed by atoms with Crippen molar-refractivity contribution in [2.45, 2.75) is 12.8 Å². The lowest BCUT2D eigenvalue weighted by Crippen LogP contribution is -2.37. The second kappa shape index (κ2) is 4.44. The molecule has 1 unspecified atom stereocenters. The zero-order valence-electron chi connectivity index (χ0n) is 8.52. The van der Waals surface area contributed by atoms with Crippen LogP contribution in [-0.2, 0) is 0 Å². The molecule has 0 aliphatic carbocycles. The van der Waals surface area contributed by atoms with Crippen molar-refractivity contribution < 1.29 is 5.11 Å². The van der Waals surface area contributed by atoms with E-state index in [2.05, 4.69) is 15.1 Å². The molecule has 1 aromatic heterocycles. The predicted octanol–water partition coefficient (Wildman–Crippen LogP) is -0.0214. The SMILES string of the molecule is O=c1cc(N2CCCC(CO)C2)cn[nH]1. The Morgan fingerprint density at radius 1 is 1.67 bits per heavy atom. The lowest BCUT2D eigenvalue weighted by atomic mass is 9.99. The number of aliphatic hydroxyl groups excluding tert-OH is 1. The normalized spacial score (nSPS) is 21.7. The molecular weight excluding hydrogens is 194 g/mol. The van der Waals surface area contributed by atoms with Crippen LogP contribution < -0.4 is 10.5 Å². The van der Waals surface area contributed by atoms with E-state index in [4.69, 9.17) is 5.11 Å². The molecular formula is C10H15N3O2. The van der Waals surface area contributed by atoms with Gasteiger partial charge in [0.05, 0.1) is 11.9 Å². The van der Waals surface area contributed by atoms with Crippen molar-refractivity contribution in [2.24, 2.45) is 5.92 Å². The van der Waals surface area contributed by atoms with Gasteiger partial charge in [0.25, 0.3) is 5.56 Å². The van der Waals surface area contributed by atoms with E-state index in [1.54, 1.807) is 12.3 Å². The molecule has 0 radical (unpaired) electrons. The minimum absolute atomic E-state index is 0.182. The predicted molar refractivity (Wildman–Crippen MR) is 56.9 cm³/mol. The summed E-state index contributed by atoms with van der Waals surface area (Å²) in [7, 11) is 0. The van der Waals surface area contributed by atoms with E-state index in [0.29, 0.717) is 5.92 Å². The molecule has 0 aromatic carbocycles. The standard InChI is InChI=1S/C10H15N3O2/c14-7-8-2-1-3-13(6-8)9-4-10(15)12-11-5-9/h4-5,8,14H,1-3,6-7H2,(H,12,15). The van der Waals surface area contributed by atoms with Crippen molar-refractivity contribution >= 4 is 5.69 Å². The Labute approximate surface area is 87.7 Å². The quantitative estimate of drug-likeness (QED) is 0.718. The maximum atomic E-state index is 11.1. The van der Waals surface area contributed by atoms with Gasteiger partial charge in [-0.2, -0.15) is 5.10 Å². The number of piperidine rings is 1. The monoisotopic (exact) mass is 209 g/mol. The van der Waals surface area contributed by atoms with Gasteiger partial charge in [-0.1, -0.05) is 0 Å². The average Bonchev–Trinajstić information content (AvgIpc) is 2.29. The van der Waals surface area contributed by atoms with Crippen molar-refractivity contribution in [1.82, 2.24) is 10.2 Å². The third kappa shape index (κ3) is 2.36. The first-order valence-electron chi connectivity index (χ1n) is 5.20. The summed E-state index contributed by atoms with van der Waals surface area (Å²) in [5, 5.41) is 15.2. The van der Waals surface area contributed by atoms with Gasteiger partial charge < -0.3 is 10.0 Å². The molecule has 2 N–H and O–H groups in total. The number of H-pyrrole nitrogens is 1. The highest BCUT2D eigenvalue weighted by atomic mass is 16.3. The van der Waals surface area contributed by atoms with E-state index in [0.717, 1.165) is 31.6 Å². The zero-order chi connectivity index (χ0) is 10.7. The highest BCUT2D eigenvalue weighted by Gasteiger charge is 2.19. The summed E-state index contributed by atoms with van der Waals surface area (Å²) in [5.74, 6) is 0.318. The summed E-state index contributed by atoms with van der Waals surface area (Å²) in [6, 6.07) is 1.55. The molecule has 0 saturated carbocycles. The summed E-state index contributed by atoms with van der Waals surface area (Å²) in [4.78, 5) is 13.2. The fourth-order valence-electron chi connectivity index (χ4n) is 1.99. The van der Waals surface area contributed by atoms with Crippen LogP contribution >= 0.6 is 0 Å². The van der Waals surface area contributed by atoms with E-state index >= 15 is 0 Å². The van der Waals surface area contributed by atoms with Crippen LogP contribution in [0.25, 0.3) is 0 Å². The van der Waals surface area contributed by atoms with Gasteiger partial charge in [0, 0.05) is 25.8 Å². The molecule has 0 amide bonds. The number of nitrogens with one attached hydrogen (secondary N) is 1. The second-order valence-corrected chi connectivity index (χ2v) is 3.94. The van der Waals surface area contributed by atoms with E-state index in [9.17, 15) is 4.79 Å². The number of hydrogen-bond acceptors (Lipinski definition) is 4. The molecule has 1 aromatic rings. The number of rotatable bonds is 2. The largest absolute Gasteiger partial charge is 0.396 e. The Hall–Kier alpha value is -1.36. The first kappa shape index (κ1) is 10.2. The Morgan fingerprint density at radius 3 is 3.27 bits per heavy atom. The molecule has 5 heteroatoms. The minimum atomic E-state index is -0.182. The lowest BCUT2D eigenvalue weighted by Gasteiger charge is -2.33. The van der Waals surface area contributed by atoms with Gasteiger partial charge in [0.2, 0.25) is 0 Å². The molecule has 15 heavy (non-hydrogen) atoms. The lowest BCUT2D eigenvalue weighted by molar-refractivity contribution is 0.208. The third-order valence-corrected chi connectivity index (χ3v) is 2.79. The number of hydrogen-bond donors (Lipinski definition) is 2. The van der Waals surface area contributed by atoms with Crippen LogP contribution in [0, 0.1) is 5.92 Å². The number of aliphatic hydroxyl groups is 1. The summed E-state index contributed by atoms with van der Waals surface area (Å²) in [6.45, 7) is 1.95. The fourth-order valence-corrected chi connectivity index (χ4v) is 1.99. The van der Waals surface area contributed by atoms with Gasteiger partial charge in [-0.15, -0.1) is 0 Å². The summed E-state index contributed by atoms with van der Waals surface area (Å²) in [6.07, 6.45) is 3.77. The van der Waals surface area contributed by atoms with E-state index in [1.165, 1.54) is 0 Å². The molecule has 2 heterocycles. The Balaban J connectivity index is 2.13. The van der Waals surface area contributed by atoms with Gasteiger partial charge in [-0.25, -0.2) is 5.10 Å². The number of aromatic nitrogens is 2. The molecule has 82 valence electrons. The highest BCUT2D eigenvalue weighted by Crippen LogP contribution is 2.20. The molecule has 1 saturated heterocycles. The summed E-state index contributed by atoms with van der Waals surface area (Å²) in [5.41, 5.74) is 0.663.